The van der Waals surface area contributed by atoms with Crippen LogP contribution in [0.3, 0.4) is 0 Å². The fourth-order valence-electron chi connectivity index (χ4n) is 1.42. The third-order valence-electron chi connectivity index (χ3n) is 2.70. The summed E-state index contributed by atoms with van der Waals surface area (Å²) in [6.07, 6.45) is 0. The summed E-state index contributed by atoms with van der Waals surface area (Å²) < 4.78 is 113. The van der Waals surface area contributed by atoms with Crippen LogP contribution >= 0.6 is 0 Å². The van der Waals surface area contributed by atoms with E-state index in [0.29, 0.717) is 0 Å². The molecular formula is C15H12F6IO4S2+. The third kappa shape index (κ3) is 7.58. The molecule has 2 aromatic carbocycles. The van der Waals surface area contributed by atoms with Crippen molar-refractivity contribution in [3.8, 4) is 0 Å². The minimum absolute atomic E-state index is 0.0287. The van der Waals surface area contributed by atoms with Crippen LogP contribution in [0.25, 0.3) is 0 Å². The summed E-state index contributed by atoms with van der Waals surface area (Å²) in [5.41, 5.74) is -12.1. The standard InChI is InChI=1S/C12H10I.C3H2F6O4S2/c1-3-7-11(8-4-1)13-12-9-5-2-6-10-12;4-2(5,6)14(10,11)1-15(12,13)3(7,8)9/h1-10H;1H2/q+1;. The predicted molar refractivity (Wildman–Crippen MR) is 85.1 cm³/mol. The average Bonchev–Trinajstić information content (AvgIpc) is 2.54. The van der Waals surface area contributed by atoms with Crippen molar-refractivity contribution in [3.05, 3.63) is 67.8 Å². The molecule has 13 heteroatoms. The monoisotopic (exact) mass is 561 g/mol. The Kier molecular flexibility index (Phi) is 8.32. The summed E-state index contributed by atoms with van der Waals surface area (Å²) >= 11 is 0.0287. The van der Waals surface area contributed by atoms with Gasteiger partial charge in [-0.25, -0.2) is 16.8 Å². The highest BCUT2D eigenvalue weighted by molar-refractivity contribution is 8.08. The van der Waals surface area contributed by atoms with Crippen molar-refractivity contribution < 1.29 is 64.4 Å². The smallest absolute Gasteiger partial charge is 0.218 e. The average molecular weight is 561 g/mol. The van der Waals surface area contributed by atoms with E-state index in [-0.39, 0.29) is 21.2 Å². The third-order valence-corrected chi connectivity index (χ3v) is 9.28. The Labute approximate surface area is 167 Å². The van der Waals surface area contributed by atoms with Gasteiger partial charge in [0.15, 0.2) is 12.2 Å². The molecule has 0 saturated carbocycles. The van der Waals surface area contributed by atoms with Gasteiger partial charge in [0.1, 0.15) is 0 Å². The van der Waals surface area contributed by atoms with E-state index in [1.807, 2.05) is 0 Å². The van der Waals surface area contributed by atoms with Crippen LogP contribution in [0.2, 0.25) is 0 Å². The lowest BCUT2D eigenvalue weighted by Crippen LogP contribution is -3.61. The van der Waals surface area contributed by atoms with Gasteiger partial charge in [-0.2, -0.15) is 26.3 Å². The molecule has 0 spiro atoms. The van der Waals surface area contributed by atoms with Gasteiger partial charge in [0.25, 0.3) is 19.7 Å². The first-order valence-corrected chi connectivity index (χ1v) is 12.4. The lowest BCUT2D eigenvalue weighted by molar-refractivity contribution is -0.597. The Balaban J connectivity index is 0.000000281. The molecule has 0 aliphatic heterocycles. The summed E-state index contributed by atoms with van der Waals surface area (Å²) in [4.78, 5) is 0. The Morgan fingerprint density at radius 3 is 1.14 bits per heavy atom. The molecule has 0 aromatic heterocycles. The predicted octanol–water partition coefficient (Wildman–Crippen LogP) is 0.628. The first kappa shape index (κ1) is 24.7. The van der Waals surface area contributed by atoms with Crippen LogP contribution in [0, 0.1) is 7.14 Å². The first-order valence-electron chi connectivity index (χ1n) is 6.99. The maximum atomic E-state index is 11.5. The van der Waals surface area contributed by atoms with E-state index in [1.165, 1.54) is 7.14 Å². The molecule has 4 nitrogen and oxygen atoms in total. The van der Waals surface area contributed by atoms with Gasteiger partial charge in [-0.3, -0.25) is 0 Å². The van der Waals surface area contributed by atoms with Crippen molar-refractivity contribution in [1.82, 2.24) is 0 Å². The first-order chi connectivity index (χ1) is 12.7. The zero-order valence-corrected chi connectivity index (χ0v) is 17.4. The highest BCUT2D eigenvalue weighted by Crippen LogP contribution is 2.30. The van der Waals surface area contributed by atoms with E-state index >= 15 is 0 Å². The number of benzene rings is 2. The van der Waals surface area contributed by atoms with Gasteiger partial charge < -0.3 is 0 Å². The van der Waals surface area contributed by atoms with Gasteiger partial charge in [-0.05, 0) is 24.3 Å². The van der Waals surface area contributed by atoms with Crippen LogP contribution in [0.15, 0.2) is 60.7 Å². The molecule has 0 fully saturated rings. The van der Waals surface area contributed by atoms with Gasteiger partial charge in [0, 0.05) is 0 Å². The number of hydrogen-bond acceptors (Lipinski definition) is 4. The van der Waals surface area contributed by atoms with Crippen molar-refractivity contribution >= 4 is 19.7 Å². The van der Waals surface area contributed by atoms with Gasteiger partial charge in [-0.1, -0.05) is 36.4 Å². The molecule has 0 N–H and O–H groups in total. The molecule has 156 valence electrons. The summed E-state index contributed by atoms with van der Waals surface area (Å²) in [6, 6.07) is 21.4. The quantitative estimate of drug-likeness (QED) is 0.406. The number of sulfone groups is 2. The zero-order chi connectivity index (χ0) is 21.6. The number of rotatable bonds is 4. The molecule has 0 unspecified atom stereocenters. The minimum Gasteiger partial charge on any atom is -0.218 e. The Morgan fingerprint density at radius 2 is 0.893 bits per heavy atom. The second-order valence-corrected chi connectivity index (χ2v) is 12.3. The zero-order valence-electron chi connectivity index (χ0n) is 13.6. The minimum atomic E-state index is -6.35. The molecular weight excluding hydrogens is 549 g/mol. The van der Waals surface area contributed by atoms with Crippen molar-refractivity contribution in [2.24, 2.45) is 0 Å². The maximum Gasteiger partial charge on any atom is 0.498 e. The number of hydrogen-bond donors (Lipinski definition) is 0. The van der Waals surface area contributed by atoms with Crippen LogP contribution in [0.4, 0.5) is 26.3 Å². The Bertz CT molecular complexity index is 878. The maximum absolute atomic E-state index is 11.5. The molecule has 0 amide bonds. The van der Waals surface area contributed by atoms with E-state index in [2.05, 4.69) is 60.7 Å². The second-order valence-electron chi connectivity index (χ2n) is 4.92. The molecule has 0 saturated heterocycles. The molecule has 0 bridgehead atoms. The largest absolute Gasteiger partial charge is 0.498 e. The highest BCUT2D eigenvalue weighted by atomic mass is 127. The van der Waals surface area contributed by atoms with E-state index in [0.717, 1.165) is 0 Å². The molecule has 28 heavy (non-hydrogen) atoms. The SMILES string of the molecule is O=S(=O)(CS(=O)(=O)C(F)(F)F)C(F)(F)F.c1ccc([I+]c2ccccc2)cc1. The summed E-state index contributed by atoms with van der Waals surface area (Å²) in [5, 5.41) is -3.03. The molecule has 2 rings (SSSR count). The van der Waals surface area contributed by atoms with E-state index < -0.39 is 35.8 Å². The number of alkyl halides is 6. The molecule has 0 heterocycles. The van der Waals surface area contributed by atoms with E-state index in [1.54, 1.807) is 0 Å². The van der Waals surface area contributed by atoms with Gasteiger partial charge in [0.2, 0.25) is 0 Å². The number of halogens is 7. The van der Waals surface area contributed by atoms with Crippen LogP contribution < -0.4 is 21.2 Å². The lowest BCUT2D eigenvalue weighted by Gasteiger charge is -2.10. The second kappa shape index (κ2) is 9.43. The molecule has 0 aliphatic carbocycles. The molecule has 0 radical (unpaired) electrons. The summed E-state index contributed by atoms with van der Waals surface area (Å²) in [7, 11) is -12.7. The Hall–Kier alpha value is -1.35. The van der Waals surface area contributed by atoms with Crippen LogP contribution in [-0.4, -0.2) is 32.9 Å². The fraction of sp³-hybridized carbons (Fsp3) is 0.200. The topological polar surface area (TPSA) is 68.3 Å². The van der Waals surface area contributed by atoms with E-state index in [4.69, 9.17) is 0 Å². The van der Waals surface area contributed by atoms with Gasteiger partial charge in [-0.15, -0.1) is 0 Å². The molecule has 0 atom stereocenters. The van der Waals surface area contributed by atoms with Crippen LogP contribution in [-0.2, 0) is 19.7 Å². The summed E-state index contributed by atoms with van der Waals surface area (Å²) in [5.74, 6) is 0. The van der Waals surface area contributed by atoms with Gasteiger partial charge >= 0.3 is 32.2 Å². The van der Waals surface area contributed by atoms with Gasteiger partial charge in [0.05, 0.1) is 0 Å². The molecule has 2 aromatic rings. The molecule has 0 aliphatic rings. The Morgan fingerprint density at radius 1 is 0.607 bits per heavy atom. The van der Waals surface area contributed by atoms with E-state index in [9.17, 15) is 43.2 Å². The van der Waals surface area contributed by atoms with Crippen molar-refractivity contribution in [2.75, 3.05) is 5.08 Å². The summed E-state index contributed by atoms with van der Waals surface area (Å²) in [6.45, 7) is 0. The van der Waals surface area contributed by atoms with Crippen molar-refractivity contribution in [2.45, 2.75) is 11.0 Å². The van der Waals surface area contributed by atoms with Crippen LogP contribution in [0.5, 0.6) is 0 Å². The van der Waals surface area contributed by atoms with Crippen LogP contribution in [0.1, 0.15) is 0 Å². The van der Waals surface area contributed by atoms with Crippen molar-refractivity contribution in [3.63, 3.8) is 0 Å². The normalized spacial score (nSPS) is 12.8. The fourth-order valence-corrected chi connectivity index (χ4v) is 6.39. The lowest BCUT2D eigenvalue weighted by atomic mass is 10.4. The van der Waals surface area contributed by atoms with Crippen molar-refractivity contribution in [1.29, 1.82) is 0 Å². The highest BCUT2D eigenvalue weighted by Gasteiger charge is 2.55.